The van der Waals surface area contributed by atoms with Gasteiger partial charge in [0.1, 0.15) is 0 Å². The molecule has 1 N–H and O–H groups in total. The average Bonchev–Trinajstić information content (AvgIpc) is 3.07. The minimum atomic E-state index is -0.0375. The Labute approximate surface area is 131 Å². The molecule has 3 rings (SSSR count). The van der Waals surface area contributed by atoms with Crippen LogP contribution in [0.5, 0.6) is 0 Å². The smallest absolute Gasteiger partial charge is 0.251 e. The second-order valence-corrected chi connectivity index (χ2v) is 5.72. The molecule has 0 atom stereocenters. The second kappa shape index (κ2) is 7.18. The normalized spacial score (nSPS) is 14.9. The van der Waals surface area contributed by atoms with E-state index >= 15 is 0 Å². The Hall–Kier alpha value is -2.20. The number of hydrogen-bond acceptors (Lipinski definition) is 3. The maximum atomic E-state index is 12.1. The van der Waals surface area contributed by atoms with Crippen LogP contribution in [0.1, 0.15) is 34.3 Å². The van der Waals surface area contributed by atoms with Crippen molar-refractivity contribution in [3.05, 3.63) is 65.5 Å². The lowest BCUT2D eigenvalue weighted by Crippen LogP contribution is -2.23. The van der Waals surface area contributed by atoms with Crippen molar-refractivity contribution in [3.63, 3.8) is 0 Å². The maximum Gasteiger partial charge on any atom is 0.251 e. The fourth-order valence-electron chi connectivity index (χ4n) is 2.75. The summed E-state index contributed by atoms with van der Waals surface area (Å²) in [6, 6.07) is 11.7. The Morgan fingerprint density at radius 2 is 1.68 bits per heavy atom. The van der Waals surface area contributed by atoms with Gasteiger partial charge in [0.2, 0.25) is 0 Å². The van der Waals surface area contributed by atoms with Gasteiger partial charge in [0.15, 0.2) is 0 Å². The Kier molecular flexibility index (Phi) is 4.81. The van der Waals surface area contributed by atoms with Crippen molar-refractivity contribution < 1.29 is 4.79 Å². The molecule has 4 heteroatoms. The quantitative estimate of drug-likeness (QED) is 0.922. The predicted octanol–water partition coefficient (Wildman–Crippen LogP) is 2.61. The third-order valence-corrected chi connectivity index (χ3v) is 4.02. The first-order valence-electron chi connectivity index (χ1n) is 7.80. The van der Waals surface area contributed by atoms with Gasteiger partial charge in [0.05, 0.1) is 0 Å². The van der Waals surface area contributed by atoms with Gasteiger partial charge in [0, 0.05) is 31.0 Å². The molecule has 1 aliphatic rings. The summed E-state index contributed by atoms with van der Waals surface area (Å²) in [4.78, 5) is 18.6. The van der Waals surface area contributed by atoms with Gasteiger partial charge >= 0.3 is 0 Å². The van der Waals surface area contributed by atoms with Gasteiger partial charge in [-0.25, -0.2) is 0 Å². The molecule has 1 aromatic heterocycles. The standard InChI is InChI=1S/C18H21N3O/c22-18(20-13-15-7-9-19-10-8-15)17-5-3-16(4-6-17)14-21-11-1-2-12-21/h3-10H,1-2,11-14H2,(H,20,22). The van der Waals surface area contributed by atoms with Gasteiger partial charge in [-0.2, -0.15) is 0 Å². The highest BCUT2D eigenvalue weighted by molar-refractivity contribution is 5.94. The van der Waals surface area contributed by atoms with Crippen LogP contribution in [0.2, 0.25) is 0 Å². The van der Waals surface area contributed by atoms with Crippen LogP contribution in [-0.4, -0.2) is 28.9 Å². The first-order chi connectivity index (χ1) is 10.8. The van der Waals surface area contributed by atoms with Crippen LogP contribution in [0.25, 0.3) is 0 Å². The van der Waals surface area contributed by atoms with E-state index in [4.69, 9.17) is 0 Å². The molecule has 114 valence electrons. The number of amides is 1. The number of carbonyl (C=O) groups is 1. The van der Waals surface area contributed by atoms with E-state index in [-0.39, 0.29) is 5.91 Å². The Morgan fingerprint density at radius 3 is 2.36 bits per heavy atom. The van der Waals surface area contributed by atoms with E-state index in [1.54, 1.807) is 12.4 Å². The number of aromatic nitrogens is 1. The SMILES string of the molecule is O=C(NCc1ccncc1)c1ccc(CN2CCCC2)cc1. The highest BCUT2D eigenvalue weighted by Gasteiger charge is 2.12. The second-order valence-electron chi connectivity index (χ2n) is 5.72. The van der Waals surface area contributed by atoms with Crippen LogP contribution in [0.15, 0.2) is 48.8 Å². The molecule has 0 bridgehead atoms. The average molecular weight is 295 g/mol. The predicted molar refractivity (Wildman–Crippen MR) is 86.4 cm³/mol. The Balaban J connectivity index is 1.54. The Morgan fingerprint density at radius 1 is 1.00 bits per heavy atom. The first-order valence-corrected chi connectivity index (χ1v) is 7.80. The fourth-order valence-corrected chi connectivity index (χ4v) is 2.75. The third kappa shape index (κ3) is 3.92. The number of nitrogens with one attached hydrogen (secondary N) is 1. The minimum Gasteiger partial charge on any atom is -0.348 e. The number of likely N-dealkylation sites (tertiary alicyclic amines) is 1. The summed E-state index contributed by atoms with van der Waals surface area (Å²) < 4.78 is 0. The summed E-state index contributed by atoms with van der Waals surface area (Å²) in [7, 11) is 0. The molecule has 4 nitrogen and oxygen atoms in total. The molecular weight excluding hydrogens is 274 g/mol. The molecule has 0 saturated carbocycles. The molecule has 0 aliphatic carbocycles. The zero-order valence-electron chi connectivity index (χ0n) is 12.7. The van der Waals surface area contributed by atoms with Crippen molar-refractivity contribution in [2.45, 2.75) is 25.9 Å². The lowest BCUT2D eigenvalue weighted by molar-refractivity contribution is 0.0951. The van der Waals surface area contributed by atoms with Crippen LogP contribution in [-0.2, 0) is 13.1 Å². The number of carbonyl (C=O) groups excluding carboxylic acids is 1. The zero-order valence-corrected chi connectivity index (χ0v) is 12.7. The van der Waals surface area contributed by atoms with Crippen LogP contribution in [0.3, 0.4) is 0 Å². The monoisotopic (exact) mass is 295 g/mol. The number of benzene rings is 1. The number of hydrogen-bond donors (Lipinski definition) is 1. The van der Waals surface area contributed by atoms with Gasteiger partial charge < -0.3 is 5.32 Å². The molecule has 2 heterocycles. The van der Waals surface area contributed by atoms with E-state index in [0.717, 1.165) is 12.1 Å². The molecule has 1 fully saturated rings. The largest absolute Gasteiger partial charge is 0.348 e. The first kappa shape index (κ1) is 14.7. The van der Waals surface area contributed by atoms with Crippen molar-refractivity contribution in [1.82, 2.24) is 15.2 Å². The van der Waals surface area contributed by atoms with Gasteiger partial charge in [-0.15, -0.1) is 0 Å². The van der Waals surface area contributed by atoms with Gasteiger partial charge in [-0.05, 0) is 61.3 Å². The summed E-state index contributed by atoms with van der Waals surface area (Å²) >= 11 is 0. The molecule has 1 aliphatic heterocycles. The summed E-state index contributed by atoms with van der Waals surface area (Å²) in [5, 5.41) is 2.93. The molecule has 0 radical (unpaired) electrons. The Bertz CT molecular complexity index is 604. The molecule has 2 aromatic rings. The van der Waals surface area contributed by atoms with Gasteiger partial charge in [-0.1, -0.05) is 12.1 Å². The molecule has 0 unspecified atom stereocenters. The van der Waals surface area contributed by atoms with Crippen molar-refractivity contribution in [3.8, 4) is 0 Å². The van der Waals surface area contributed by atoms with Crippen molar-refractivity contribution in [2.75, 3.05) is 13.1 Å². The fraction of sp³-hybridized carbons (Fsp3) is 0.333. The zero-order chi connectivity index (χ0) is 15.2. The molecular formula is C18H21N3O. The van der Waals surface area contributed by atoms with Gasteiger partial charge in [-0.3, -0.25) is 14.7 Å². The highest BCUT2D eigenvalue weighted by atomic mass is 16.1. The van der Waals surface area contributed by atoms with E-state index in [0.29, 0.717) is 12.1 Å². The third-order valence-electron chi connectivity index (χ3n) is 4.02. The summed E-state index contributed by atoms with van der Waals surface area (Å²) in [6.45, 7) is 3.89. The van der Waals surface area contributed by atoms with Crippen LogP contribution >= 0.6 is 0 Å². The maximum absolute atomic E-state index is 12.1. The van der Waals surface area contributed by atoms with Crippen LogP contribution < -0.4 is 5.32 Å². The van der Waals surface area contributed by atoms with E-state index < -0.39 is 0 Å². The molecule has 1 amide bonds. The van der Waals surface area contributed by atoms with E-state index in [1.807, 2.05) is 24.3 Å². The number of pyridine rings is 1. The van der Waals surface area contributed by atoms with Crippen molar-refractivity contribution in [2.24, 2.45) is 0 Å². The molecule has 0 spiro atoms. The molecule has 22 heavy (non-hydrogen) atoms. The van der Waals surface area contributed by atoms with Crippen LogP contribution in [0.4, 0.5) is 0 Å². The lowest BCUT2D eigenvalue weighted by Gasteiger charge is -2.14. The summed E-state index contributed by atoms with van der Waals surface area (Å²) in [5.74, 6) is -0.0375. The topological polar surface area (TPSA) is 45.2 Å². The van der Waals surface area contributed by atoms with Gasteiger partial charge in [0.25, 0.3) is 5.91 Å². The molecule has 1 aromatic carbocycles. The molecule has 1 saturated heterocycles. The van der Waals surface area contributed by atoms with Crippen molar-refractivity contribution in [1.29, 1.82) is 0 Å². The van der Waals surface area contributed by atoms with E-state index in [2.05, 4.69) is 27.3 Å². The van der Waals surface area contributed by atoms with E-state index in [1.165, 1.54) is 31.5 Å². The number of nitrogens with zero attached hydrogens (tertiary/aromatic N) is 2. The van der Waals surface area contributed by atoms with Crippen LogP contribution in [0, 0.1) is 0 Å². The highest BCUT2D eigenvalue weighted by Crippen LogP contribution is 2.13. The minimum absolute atomic E-state index is 0.0375. The van der Waals surface area contributed by atoms with Crippen molar-refractivity contribution >= 4 is 5.91 Å². The van der Waals surface area contributed by atoms with E-state index in [9.17, 15) is 4.79 Å². The number of rotatable bonds is 5. The lowest BCUT2D eigenvalue weighted by atomic mass is 10.1. The summed E-state index contributed by atoms with van der Waals surface area (Å²) in [5.41, 5.74) is 3.03. The summed E-state index contributed by atoms with van der Waals surface area (Å²) in [6.07, 6.45) is 6.06.